The number of hydrogen-bond acceptors (Lipinski definition) is 5. The number of rotatable bonds is 5. The van der Waals surface area contributed by atoms with E-state index in [1.165, 1.54) is 30.5 Å². The molecular formula is C14H14FN3O2S. The van der Waals surface area contributed by atoms with Crippen molar-refractivity contribution in [3.63, 3.8) is 0 Å². The van der Waals surface area contributed by atoms with Gasteiger partial charge in [-0.05, 0) is 30.5 Å². The highest BCUT2D eigenvalue weighted by Crippen LogP contribution is 2.30. The molecule has 2 aromatic rings. The highest BCUT2D eigenvalue weighted by Gasteiger charge is 2.35. The standard InChI is InChI=1S/C14H14FN3O2S/c15-10-3-1-9(2-4-10)13(19)8-18(11-5-6-11)14(20)12-7-16-21-17-12/h1-4,7,11,13,19H,5-6,8H2. The van der Waals surface area contributed by atoms with E-state index in [1.54, 1.807) is 4.90 Å². The average molecular weight is 307 g/mol. The number of hydrogen-bond donors (Lipinski definition) is 1. The average Bonchev–Trinajstić information content (AvgIpc) is 3.18. The number of amides is 1. The van der Waals surface area contributed by atoms with Crippen LogP contribution < -0.4 is 0 Å². The summed E-state index contributed by atoms with van der Waals surface area (Å²) in [6.45, 7) is 0.173. The van der Waals surface area contributed by atoms with Gasteiger partial charge in [-0.2, -0.15) is 8.75 Å². The minimum absolute atomic E-state index is 0.147. The zero-order valence-corrected chi connectivity index (χ0v) is 12.0. The summed E-state index contributed by atoms with van der Waals surface area (Å²) in [6, 6.07) is 5.80. The van der Waals surface area contributed by atoms with Gasteiger partial charge >= 0.3 is 0 Å². The van der Waals surface area contributed by atoms with Crippen LogP contribution in [0.15, 0.2) is 30.5 Å². The summed E-state index contributed by atoms with van der Waals surface area (Å²) < 4.78 is 20.7. The molecule has 1 amide bonds. The maximum absolute atomic E-state index is 12.9. The molecule has 1 aromatic heterocycles. The normalized spacial score (nSPS) is 15.7. The van der Waals surface area contributed by atoms with Gasteiger partial charge in [0.15, 0.2) is 5.69 Å². The van der Waals surface area contributed by atoms with E-state index >= 15 is 0 Å². The van der Waals surface area contributed by atoms with Gasteiger partial charge in [0.2, 0.25) is 0 Å². The molecule has 1 aliphatic rings. The summed E-state index contributed by atoms with van der Waals surface area (Å²) in [5, 5.41) is 10.3. The number of carbonyl (C=O) groups excluding carboxylic acids is 1. The second-order valence-corrected chi connectivity index (χ2v) is 5.61. The van der Waals surface area contributed by atoms with Crippen LogP contribution in [0, 0.1) is 5.82 Å². The molecule has 0 spiro atoms. The first-order valence-corrected chi connectivity index (χ1v) is 7.40. The van der Waals surface area contributed by atoms with E-state index in [2.05, 4.69) is 8.75 Å². The van der Waals surface area contributed by atoms with Crippen LogP contribution in [-0.4, -0.2) is 37.2 Å². The van der Waals surface area contributed by atoms with E-state index in [1.807, 2.05) is 0 Å². The van der Waals surface area contributed by atoms with Gasteiger partial charge in [0.05, 0.1) is 30.6 Å². The summed E-state index contributed by atoms with van der Waals surface area (Å²) in [6.07, 6.45) is 2.45. The molecule has 1 unspecified atom stereocenters. The molecule has 3 rings (SSSR count). The van der Waals surface area contributed by atoms with Crippen LogP contribution in [0.3, 0.4) is 0 Å². The third-order valence-corrected chi connectivity index (χ3v) is 3.93. The lowest BCUT2D eigenvalue weighted by atomic mass is 10.1. The molecule has 21 heavy (non-hydrogen) atoms. The molecule has 1 aromatic carbocycles. The highest BCUT2D eigenvalue weighted by atomic mass is 32.1. The molecule has 0 radical (unpaired) electrons. The van der Waals surface area contributed by atoms with Crippen molar-refractivity contribution in [3.05, 3.63) is 47.5 Å². The molecule has 1 atom stereocenters. The third kappa shape index (κ3) is 3.25. The molecule has 1 heterocycles. The number of carbonyl (C=O) groups is 1. The molecule has 1 N–H and O–H groups in total. The fourth-order valence-corrected chi connectivity index (χ4v) is 2.57. The van der Waals surface area contributed by atoms with E-state index in [0.717, 1.165) is 24.6 Å². The zero-order valence-electron chi connectivity index (χ0n) is 11.1. The van der Waals surface area contributed by atoms with Crippen LogP contribution in [0.1, 0.15) is 35.0 Å². The molecule has 7 heteroatoms. The van der Waals surface area contributed by atoms with Crippen LogP contribution in [0.4, 0.5) is 4.39 Å². The number of aliphatic hydroxyl groups excluding tert-OH is 1. The number of aromatic nitrogens is 2. The Bertz CT molecular complexity index is 614. The molecule has 1 saturated carbocycles. The van der Waals surface area contributed by atoms with Crippen molar-refractivity contribution in [1.82, 2.24) is 13.6 Å². The van der Waals surface area contributed by atoms with Crippen molar-refractivity contribution in [3.8, 4) is 0 Å². The molecule has 0 bridgehead atoms. The molecular weight excluding hydrogens is 293 g/mol. The smallest absolute Gasteiger partial charge is 0.275 e. The Morgan fingerprint density at radius 3 is 2.71 bits per heavy atom. The van der Waals surface area contributed by atoms with Crippen molar-refractivity contribution in [2.75, 3.05) is 6.54 Å². The number of aliphatic hydroxyl groups is 1. The fraction of sp³-hybridized carbons (Fsp3) is 0.357. The third-order valence-electron chi connectivity index (χ3n) is 3.45. The lowest BCUT2D eigenvalue weighted by Gasteiger charge is -2.24. The van der Waals surface area contributed by atoms with Gasteiger partial charge in [-0.1, -0.05) is 12.1 Å². The van der Waals surface area contributed by atoms with E-state index < -0.39 is 6.10 Å². The van der Waals surface area contributed by atoms with Gasteiger partial charge in [0.25, 0.3) is 5.91 Å². The largest absolute Gasteiger partial charge is 0.387 e. The maximum Gasteiger partial charge on any atom is 0.275 e. The Hall–Kier alpha value is -1.86. The first-order valence-electron chi connectivity index (χ1n) is 6.67. The van der Waals surface area contributed by atoms with Crippen LogP contribution in [0.5, 0.6) is 0 Å². The highest BCUT2D eigenvalue weighted by molar-refractivity contribution is 6.99. The molecule has 0 saturated heterocycles. The van der Waals surface area contributed by atoms with Gasteiger partial charge < -0.3 is 10.0 Å². The number of halogens is 1. The minimum Gasteiger partial charge on any atom is -0.387 e. The Labute approximate surface area is 125 Å². The van der Waals surface area contributed by atoms with Gasteiger partial charge in [-0.3, -0.25) is 4.79 Å². The van der Waals surface area contributed by atoms with Gasteiger partial charge in [0, 0.05) is 6.04 Å². The Morgan fingerprint density at radius 1 is 1.43 bits per heavy atom. The van der Waals surface area contributed by atoms with Crippen molar-refractivity contribution >= 4 is 17.6 Å². The lowest BCUT2D eigenvalue weighted by molar-refractivity contribution is 0.0598. The molecule has 1 aliphatic carbocycles. The number of nitrogens with zero attached hydrogens (tertiary/aromatic N) is 3. The van der Waals surface area contributed by atoms with E-state index in [4.69, 9.17) is 0 Å². The zero-order chi connectivity index (χ0) is 14.8. The Kier molecular flexibility index (Phi) is 3.94. The van der Waals surface area contributed by atoms with Crippen LogP contribution in [-0.2, 0) is 0 Å². The molecule has 5 nitrogen and oxygen atoms in total. The van der Waals surface area contributed by atoms with E-state index in [-0.39, 0.29) is 24.3 Å². The summed E-state index contributed by atoms with van der Waals surface area (Å²) in [5.41, 5.74) is 0.893. The van der Waals surface area contributed by atoms with Crippen molar-refractivity contribution in [2.24, 2.45) is 0 Å². The SMILES string of the molecule is O=C(c1cnsn1)N(CC(O)c1ccc(F)cc1)C1CC1. The summed E-state index contributed by atoms with van der Waals surface area (Å²) >= 11 is 0.983. The second kappa shape index (κ2) is 5.87. The first kappa shape index (κ1) is 14.1. The second-order valence-electron chi connectivity index (χ2n) is 5.05. The fourth-order valence-electron chi connectivity index (χ4n) is 2.17. The first-order chi connectivity index (χ1) is 10.1. The monoisotopic (exact) mass is 307 g/mol. The van der Waals surface area contributed by atoms with Crippen LogP contribution in [0.25, 0.3) is 0 Å². The summed E-state index contributed by atoms with van der Waals surface area (Å²) in [5.74, 6) is -0.568. The van der Waals surface area contributed by atoms with Gasteiger partial charge in [0.1, 0.15) is 5.82 Å². The Balaban J connectivity index is 1.73. The number of benzene rings is 1. The van der Waals surface area contributed by atoms with E-state index in [9.17, 15) is 14.3 Å². The maximum atomic E-state index is 12.9. The summed E-state index contributed by atoms with van der Waals surface area (Å²) in [7, 11) is 0. The van der Waals surface area contributed by atoms with Gasteiger partial charge in [-0.25, -0.2) is 4.39 Å². The predicted octanol–water partition coefficient (Wildman–Crippen LogP) is 2.02. The molecule has 0 aliphatic heterocycles. The topological polar surface area (TPSA) is 66.3 Å². The Morgan fingerprint density at radius 2 is 2.14 bits per heavy atom. The molecule has 1 fully saturated rings. The van der Waals surface area contributed by atoms with Crippen LogP contribution in [0.2, 0.25) is 0 Å². The van der Waals surface area contributed by atoms with E-state index in [0.29, 0.717) is 11.3 Å². The predicted molar refractivity (Wildman–Crippen MR) is 75.3 cm³/mol. The van der Waals surface area contributed by atoms with Crippen molar-refractivity contribution < 1.29 is 14.3 Å². The van der Waals surface area contributed by atoms with Crippen molar-refractivity contribution in [1.29, 1.82) is 0 Å². The van der Waals surface area contributed by atoms with Gasteiger partial charge in [-0.15, -0.1) is 0 Å². The molecule has 110 valence electrons. The quantitative estimate of drug-likeness (QED) is 0.917. The minimum atomic E-state index is -0.846. The lowest BCUT2D eigenvalue weighted by Crippen LogP contribution is -2.36. The van der Waals surface area contributed by atoms with Crippen LogP contribution >= 0.6 is 11.7 Å². The summed E-state index contributed by atoms with van der Waals surface area (Å²) in [4.78, 5) is 14.0. The van der Waals surface area contributed by atoms with Crippen molar-refractivity contribution in [2.45, 2.75) is 25.0 Å².